The van der Waals surface area contributed by atoms with Gasteiger partial charge in [-0.2, -0.15) is 0 Å². The monoisotopic (exact) mass is 250 g/mol. The van der Waals surface area contributed by atoms with Crippen molar-refractivity contribution in [1.29, 1.82) is 0 Å². The molecule has 0 aromatic rings. The molecule has 0 amide bonds. The molecule has 3 nitrogen and oxygen atoms in total. The maximum atomic E-state index is 8.38. The zero-order chi connectivity index (χ0) is 6.00. The minimum atomic E-state index is 0.125. The first-order valence-electron chi connectivity index (χ1n) is 0.697. The van der Waals surface area contributed by atoms with E-state index in [0.717, 1.165) is 20.4 Å². The van der Waals surface area contributed by atoms with Crippen LogP contribution in [0.3, 0.4) is 0 Å². The first-order chi connectivity index (χ1) is 3.00. The van der Waals surface area contributed by atoms with Crippen molar-refractivity contribution in [3.05, 3.63) is 0 Å². The molecular formula is O3TiZnZr. The molecule has 0 atom stereocenters. The fourth-order valence-corrected chi connectivity index (χ4v) is 0. The maximum absolute atomic E-state index is 8.38. The van der Waals surface area contributed by atoms with E-state index in [9.17, 15) is 0 Å². The van der Waals surface area contributed by atoms with Gasteiger partial charge in [0, 0.05) is 0 Å². The molecule has 0 aliphatic heterocycles. The summed E-state index contributed by atoms with van der Waals surface area (Å²) < 4.78 is 25.0. The van der Waals surface area contributed by atoms with Gasteiger partial charge in [-0.15, -0.1) is 0 Å². The quantitative estimate of drug-likeness (QED) is 0.553. The minimum absolute atomic E-state index is 0.125. The van der Waals surface area contributed by atoms with Gasteiger partial charge in [-0.05, 0) is 0 Å². The average Bonchev–Trinajstić information content (AvgIpc) is 1.81. The van der Waals surface area contributed by atoms with Crippen LogP contribution in [-0.4, -0.2) is 0 Å². The Labute approximate surface area is 72.2 Å². The summed E-state index contributed by atoms with van der Waals surface area (Å²) in [5.74, 6) is 0. The molecule has 0 saturated heterocycles. The molecule has 0 spiro atoms. The van der Waals surface area contributed by atoms with Gasteiger partial charge >= 0.3 is 73.1 Å². The van der Waals surface area contributed by atoms with Crippen LogP contribution in [0, 0.1) is 0 Å². The molecule has 6 heavy (non-hydrogen) atoms. The van der Waals surface area contributed by atoms with Crippen LogP contribution in [0.15, 0.2) is 0 Å². The Morgan fingerprint density at radius 3 is 1.17 bits per heavy atom. The van der Waals surface area contributed by atoms with Gasteiger partial charge in [0.2, 0.25) is 0 Å². The fourth-order valence-electron chi connectivity index (χ4n) is 0. The molecule has 0 bridgehead atoms. The molecule has 0 unspecified atom stereocenters. The zero-order valence-corrected chi connectivity index (χ0v) is 9.92. The zero-order valence-electron chi connectivity index (χ0n) is 2.93. The van der Waals surface area contributed by atoms with Crippen LogP contribution in [0.4, 0.5) is 0 Å². The van der Waals surface area contributed by atoms with Gasteiger partial charge in [0.25, 0.3) is 0 Å². The molecule has 0 fully saturated rings. The molecular weight excluding hydrogens is 252 g/mol. The topological polar surface area (TPSA) is 51.2 Å². The number of hydrogen-bond acceptors (Lipinski definition) is 3. The summed E-state index contributed by atoms with van der Waals surface area (Å²) in [5, 5.41) is 0. The van der Waals surface area contributed by atoms with Crippen molar-refractivity contribution in [3.8, 4) is 0 Å². The first-order valence-corrected chi connectivity index (χ1v) is 3.55. The molecule has 0 aromatic heterocycles. The van der Waals surface area contributed by atoms with Crippen LogP contribution in [0.5, 0.6) is 0 Å². The average molecular weight is 252 g/mol. The fraction of sp³-hybridized carbons (Fsp3) is 0. The second-order valence-corrected chi connectivity index (χ2v) is 0. The summed E-state index contributed by atoms with van der Waals surface area (Å²) in [6, 6.07) is 0. The van der Waals surface area contributed by atoms with Gasteiger partial charge < -0.3 is 0 Å². The van der Waals surface area contributed by atoms with Crippen molar-refractivity contribution < 1.29 is 73.1 Å². The predicted octanol–water partition coefficient (Wildman–Crippen LogP) is -0.364. The first kappa shape index (κ1) is 15.6. The summed E-state index contributed by atoms with van der Waals surface area (Å²) >= 11 is 1.18. The van der Waals surface area contributed by atoms with Crippen molar-refractivity contribution in [2.24, 2.45) is 0 Å². The van der Waals surface area contributed by atoms with Crippen molar-refractivity contribution in [2.75, 3.05) is 0 Å². The second kappa shape index (κ2) is 79.6. The number of hydrogen-bond donors (Lipinski definition) is 0. The van der Waals surface area contributed by atoms with E-state index in [0.29, 0.717) is 24.7 Å². The van der Waals surface area contributed by atoms with E-state index < -0.39 is 0 Å². The molecule has 0 aliphatic rings. The summed E-state index contributed by atoms with van der Waals surface area (Å²) in [5.41, 5.74) is 0. The van der Waals surface area contributed by atoms with E-state index in [4.69, 9.17) is 9.71 Å². The molecule has 0 heterocycles. The summed E-state index contributed by atoms with van der Waals surface area (Å²) in [6.45, 7) is 0. The Balaban J connectivity index is -0.0000000225. The van der Waals surface area contributed by atoms with Gasteiger partial charge in [-0.1, -0.05) is 0 Å². The van der Waals surface area contributed by atoms with Crippen molar-refractivity contribution >= 4 is 0 Å². The Morgan fingerprint density at radius 1 is 1.17 bits per heavy atom. The van der Waals surface area contributed by atoms with Crippen molar-refractivity contribution in [1.82, 2.24) is 0 Å². The van der Waals surface area contributed by atoms with Gasteiger partial charge in [-0.25, -0.2) is 0 Å². The molecule has 0 rings (SSSR count). The van der Waals surface area contributed by atoms with Crippen LogP contribution < -0.4 is 0 Å². The normalized spacial score (nSPS) is 2.00. The second-order valence-electron chi connectivity index (χ2n) is 0. The van der Waals surface area contributed by atoms with E-state index in [-0.39, 0.29) is 18.3 Å². The molecule has 0 aromatic carbocycles. The molecule has 28 valence electrons. The third kappa shape index (κ3) is 45.7. The van der Waals surface area contributed by atoms with Gasteiger partial charge in [0.05, 0.1) is 0 Å². The number of rotatable bonds is 0. The van der Waals surface area contributed by atoms with E-state index in [1.807, 2.05) is 0 Å². The molecule has 0 radical (unpaired) electrons. The standard InChI is InChI=1S/3O.Ti.Zn.Zr. The van der Waals surface area contributed by atoms with Crippen LogP contribution in [-0.2, 0) is 73.1 Å². The molecule has 6 heteroatoms. The van der Waals surface area contributed by atoms with E-state index in [2.05, 4.69) is 0 Å². The van der Waals surface area contributed by atoms with Crippen LogP contribution in [0.25, 0.3) is 0 Å². The van der Waals surface area contributed by atoms with Crippen LogP contribution >= 0.6 is 0 Å². The van der Waals surface area contributed by atoms with E-state index >= 15 is 0 Å². The van der Waals surface area contributed by atoms with Crippen LogP contribution in [0.2, 0.25) is 0 Å². The third-order valence-corrected chi connectivity index (χ3v) is 0. The van der Waals surface area contributed by atoms with E-state index in [1.54, 1.807) is 0 Å². The molecule has 0 saturated carbocycles. The van der Waals surface area contributed by atoms with Gasteiger partial charge in [0.15, 0.2) is 0 Å². The SMILES string of the molecule is [O]=[Ti].[O]=[Zn].[O]=[Zr]. The van der Waals surface area contributed by atoms with Gasteiger partial charge in [-0.3, -0.25) is 0 Å². The third-order valence-electron chi connectivity index (χ3n) is 0. The van der Waals surface area contributed by atoms with Crippen molar-refractivity contribution in [3.63, 3.8) is 0 Å². The van der Waals surface area contributed by atoms with E-state index in [1.165, 1.54) is 0 Å². The van der Waals surface area contributed by atoms with Crippen molar-refractivity contribution in [2.45, 2.75) is 0 Å². The molecule has 0 N–H and O–H groups in total. The predicted molar refractivity (Wildman–Crippen MR) is 2.06 cm³/mol. The summed E-state index contributed by atoms with van der Waals surface area (Å²) in [4.78, 5) is 0. The Bertz CT molecular complexity index is 15.5. The Kier molecular flexibility index (Phi) is 208. The Hall–Kier alpha value is 1.62. The van der Waals surface area contributed by atoms with Crippen LogP contribution in [0.1, 0.15) is 0 Å². The molecule has 0 aliphatic carbocycles. The van der Waals surface area contributed by atoms with Gasteiger partial charge in [0.1, 0.15) is 0 Å². The Morgan fingerprint density at radius 2 is 1.17 bits per heavy atom. The summed E-state index contributed by atoms with van der Waals surface area (Å²) in [6.07, 6.45) is 0. The summed E-state index contributed by atoms with van der Waals surface area (Å²) in [7, 11) is 0.